The Morgan fingerprint density at radius 1 is 1.29 bits per heavy atom. The monoisotopic (exact) mass is 206 g/mol. The number of phenols is 1. The molecule has 0 fully saturated rings. The van der Waals surface area contributed by atoms with E-state index in [9.17, 15) is 0 Å². The van der Waals surface area contributed by atoms with Crippen molar-refractivity contribution in [1.82, 2.24) is 4.98 Å². The third kappa shape index (κ3) is 1.56. The fourth-order valence-electron chi connectivity index (χ4n) is 1.14. The summed E-state index contributed by atoms with van der Waals surface area (Å²) in [6.07, 6.45) is 0. The standard InChI is InChI=1S/C10H10N2OS/c1-6-9(11)12-10(14-6)7-2-4-8(13)5-3-7/h2-5,13H,11H2,1H3. The van der Waals surface area contributed by atoms with Gasteiger partial charge in [-0.1, -0.05) is 0 Å². The van der Waals surface area contributed by atoms with Crippen LogP contribution in [0.3, 0.4) is 0 Å². The van der Waals surface area contributed by atoms with E-state index in [1.165, 1.54) is 0 Å². The molecule has 0 radical (unpaired) electrons. The Labute approximate surface area is 85.8 Å². The number of thiazole rings is 1. The zero-order chi connectivity index (χ0) is 10.1. The summed E-state index contributed by atoms with van der Waals surface area (Å²) in [4.78, 5) is 5.25. The van der Waals surface area contributed by atoms with Gasteiger partial charge in [-0.3, -0.25) is 0 Å². The molecule has 0 bridgehead atoms. The van der Waals surface area contributed by atoms with Crippen LogP contribution in [0.5, 0.6) is 5.75 Å². The molecule has 0 amide bonds. The lowest BCUT2D eigenvalue weighted by Crippen LogP contribution is -1.85. The van der Waals surface area contributed by atoms with Gasteiger partial charge in [0.15, 0.2) is 0 Å². The van der Waals surface area contributed by atoms with E-state index in [-0.39, 0.29) is 5.75 Å². The minimum Gasteiger partial charge on any atom is -0.508 e. The molecular weight excluding hydrogens is 196 g/mol. The van der Waals surface area contributed by atoms with Crippen molar-refractivity contribution >= 4 is 17.2 Å². The van der Waals surface area contributed by atoms with Crippen LogP contribution in [0.2, 0.25) is 0 Å². The van der Waals surface area contributed by atoms with Gasteiger partial charge in [-0.05, 0) is 31.2 Å². The van der Waals surface area contributed by atoms with Crippen LogP contribution in [0.25, 0.3) is 10.6 Å². The molecule has 0 aliphatic rings. The number of aromatic nitrogens is 1. The predicted molar refractivity (Wildman–Crippen MR) is 58.4 cm³/mol. The molecule has 0 unspecified atom stereocenters. The second-order valence-corrected chi connectivity index (χ2v) is 4.21. The van der Waals surface area contributed by atoms with Crippen molar-refractivity contribution < 1.29 is 5.11 Å². The molecule has 0 spiro atoms. The van der Waals surface area contributed by atoms with Crippen molar-refractivity contribution in [3.8, 4) is 16.3 Å². The minimum absolute atomic E-state index is 0.259. The number of nitrogens with two attached hydrogens (primary N) is 1. The normalized spacial score (nSPS) is 10.4. The maximum absolute atomic E-state index is 9.12. The van der Waals surface area contributed by atoms with Gasteiger partial charge in [0.25, 0.3) is 0 Å². The van der Waals surface area contributed by atoms with Gasteiger partial charge in [0.1, 0.15) is 16.6 Å². The summed E-state index contributed by atoms with van der Waals surface area (Å²) in [5.41, 5.74) is 6.64. The summed E-state index contributed by atoms with van der Waals surface area (Å²) in [5, 5.41) is 10.0. The van der Waals surface area contributed by atoms with Gasteiger partial charge in [-0.15, -0.1) is 11.3 Å². The number of rotatable bonds is 1. The molecule has 0 saturated heterocycles. The average Bonchev–Trinajstić information content (AvgIpc) is 2.48. The van der Waals surface area contributed by atoms with Crippen LogP contribution in [0, 0.1) is 6.92 Å². The first-order valence-electron chi connectivity index (χ1n) is 4.19. The van der Waals surface area contributed by atoms with E-state index in [0.29, 0.717) is 5.82 Å². The molecule has 0 aliphatic carbocycles. The molecule has 4 heteroatoms. The highest BCUT2D eigenvalue weighted by molar-refractivity contribution is 7.15. The Hall–Kier alpha value is -1.55. The molecule has 14 heavy (non-hydrogen) atoms. The van der Waals surface area contributed by atoms with Crippen molar-refractivity contribution in [2.45, 2.75) is 6.92 Å². The third-order valence-corrected chi connectivity index (χ3v) is 2.98. The molecular formula is C10H10N2OS. The van der Waals surface area contributed by atoms with Crippen molar-refractivity contribution in [3.63, 3.8) is 0 Å². The molecule has 1 aromatic heterocycles. The Morgan fingerprint density at radius 2 is 1.93 bits per heavy atom. The lowest BCUT2D eigenvalue weighted by Gasteiger charge is -1.95. The highest BCUT2D eigenvalue weighted by Crippen LogP contribution is 2.29. The van der Waals surface area contributed by atoms with Crippen molar-refractivity contribution in [1.29, 1.82) is 0 Å². The van der Waals surface area contributed by atoms with Crippen LogP contribution < -0.4 is 5.73 Å². The maximum atomic E-state index is 9.12. The number of hydrogen-bond acceptors (Lipinski definition) is 4. The summed E-state index contributed by atoms with van der Waals surface area (Å²) in [6, 6.07) is 6.94. The number of nitrogen functional groups attached to an aromatic ring is 1. The van der Waals surface area contributed by atoms with Crippen LogP contribution in [0.4, 0.5) is 5.82 Å². The first-order valence-corrected chi connectivity index (χ1v) is 5.01. The first-order chi connectivity index (χ1) is 6.66. The zero-order valence-electron chi connectivity index (χ0n) is 7.69. The Bertz CT molecular complexity index is 428. The fraction of sp³-hybridized carbons (Fsp3) is 0.100. The van der Waals surface area contributed by atoms with Crippen LogP contribution in [-0.4, -0.2) is 10.1 Å². The Kier molecular flexibility index (Phi) is 2.13. The van der Waals surface area contributed by atoms with E-state index in [2.05, 4.69) is 4.98 Å². The number of benzene rings is 1. The molecule has 0 aliphatic heterocycles. The highest BCUT2D eigenvalue weighted by atomic mass is 32.1. The van der Waals surface area contributed by atoms with Crippen LogP contribution in [0.1, 0.15) is 4.88 Å². The fourth-order valence-corrected chi connectivity index (χ4v) is 1.97. The number of aryl methyl sites for hydroxylation is 1. The predicted octanol–water partition coefficient (Wildman–Crippen LogP) is 2.41. The second kappa shape index (κ2) is 3.31. The summed E-state index contributed by atoms with van der Waals surface area (Å²) in [6.45, 7) is 1.94. The number of phenolic OH excluding ortho intramolecular Hbond substituents is 1. The quantitative estimate of drug-likeness (QED) is 0.753. The number of aromatic hydroxyl groups is 1. The van der Waals surface area contributed by atoms with Crippen molar-refractivity contribution in [2.75, 3.05) is 5.73 Å². The summed E-state index contributed by atoms with van der Waals surface area (Å²) < 4.78 is 0. The average molecular weight is 206 g/mol. The maximum Gasteiger partial charge on any atom is 0.138 e. The molecule has 72 valence electrons. The number of nitrogens with zero attached hydrogens (tertiary/aromatic N) is 1. The van der Waals surface area contributed by atoms with Crippen LogP contribution in [-0.2, 0) is 0 Å². The van der Waals surface area contributed by atoms with Gasteiger partial charge in [-0.2, -0.15) is 0 Å². The zero-order valence-corrected chi connectivity index (χ0v) is 8.51. The number of hydrogen-bond donors (Lipinski definition) is 2. The van der Waals surface area contributed by atoms with Gasteiger partial charge in [0, 0.05) is 10.4 Å². The SMILES string of the molecule is Cc1sc(-c2ccc(O)cc2)nc1N. The van der Waals surface area contributed by atoms with Crippen molar-refractivity contribution in [2.24, 2.45) is 0 Å². The van der Waals surface area contributed by atoms with Gasteiger partial charge >= 0.3 is 0 Å². The third-order valence-electron chi connectivity index (χ3n) is 1.95. The van der Waals surface area contributed by atoms with Crippen LogP contribution >= 0.6 is 11.3 Å². The van der Waals surface area contributed by atoms with Gasteiger partial charge in [0.05, 0.1) is 0 Å². The van der Waals surface area contributed by atoms with E-state index in [1.807, 2.05) is 19.1 Å². The van der Waals surface area contributed by atoms with Gasteiger partial charge in [0.2, 0.25) is 0 Å². The first kappa shape index (κ1) is 9.02. The molecule has 1 heterocycles. The second-order valence-electron chi connectivity index (χ2n) is 3.01. The Balaban J connectivity index is 2.44. The topological polar surface area (TPSA) is 59.1 Å². The lowest BCUT2D eigenvalue weighted by molar-refractivity contribution is 0.475. The van der Waals surface area contributed by atoms with E-state index in [0.717, 1.165) is 15.4 Å². The molecule has 0 saturated carbocycles. The summed E-state index contributed by atoms with van der Waals surface area (Å²) in [5.74, 6) is 0.841. The molecule has 2 aromatic rings. The van der Waals surface area contributed by atoms with Crippen LogP contribution in [0.15, 0.2) is 24.3 Å². The van der Waals surface area contributed by atoms with Crippen molar-refractivity contribution in [3.05, 3.63) is 29.1 Å². The molecule has 0 atom stereocenters. The smallest absolute Gasteiger partial charge is 0.138 e. The van der Waals surface area contributed by atoms with Gasteiger partial charge in [-0.25, -0.2) is 4.98 Å². The lowest BCUT2D eigenvalue weighted by atomic mass is 10.2. The highest BCUT2D eigenvalue weighted by Gasteiger charge is 2.05. The molecule has 2 rings (SSSR count). The summed E-state index contributed by atoms with van der Waals surface area (Å²) in [7, 11) is 0. The Morgan fingerprint density at radius 3 is 2.43 bits per heavy atom. The van der Waals surface area contributed by atoms with E-state index < -0.39 is 0 Å². The largest absolute Gasteiger partial charge is 0.508 e. The van der Waals surface area contributed by atoms with E-state index >= 15 is 0 Å². The number of anilines is 1. The molecule has 3 N–H and O–H groups in total. The van der Waals surface area contributed by atoms with E-state index in [4.69, 9.17) is 10.8 Å². The van der Waals surface area contributed by atoms with E-state index in [1.54, 1.807) is 23.5 Å². The summed E-state index contributed by atoms with van der Waals surface area (Å²) >= 11 is 1.56. The minimum atomic E-state index is 0.259. The molecule has 1 aromatic carbocycles. The van der Waals surface area contributed by atoms with Gasteiger partial charge < -0.3 is 10.8 Å². The molecule has 3 nitrogen and oxygen atoms in total.